The molecule has 0 aromatic heterocycles. The van der Waals surface area contributed by atoms with E-state index in [4.69, 9.17) is 20.4 Å². The molecular formula is C8H18O8. The zero-order valence-corrected chi connectivity index (χ0v) is 8.67. The SMILES string of the molecule is CC(O)C(O)C(O)C(O)(O)C(O)C(O)CO. The summed E-state index contributed by atoms with van der Waals surface area (Å²) in [5.74, 6) is -3.27. The molecule has 0 spiro atoms. The molecule has 8 nitrogen and oxygen atoms in total. The first-order chi connectivity index (χ1) is 7.16. The van der Waals surface area contributed by atoms with Gasteiger partial charge in [-0.3, -0.25) is 0 Å². The van der Waals surface area contributed by atoms with Crippen LogP contribution in [-0.4, -0.2) is 83.8 Å². The number of aliphatic hydroxyl groups is 8. The third kappa shape index (κ3) is 3.34. The first-order valence-corrected chi connectivity index (χ1v) is 4.62. The van der Waals surface area contributed by atoms with Crippen LogP contribution in [0.25, 0.3) is 0 Å². The highest BCUT2D eigenvalue weighted by molar-refractivity contribution is 4.92. The maximum atomic E-state index is 9.29. The zero-order valence-electron chi connectivity index (χ0n) is 8.67. The van der Waals surface area contributed by atoms with E-state index in [0.717, 1.165) is 6.92 Å². The summed E-state index contributed by atoms with van der Waals surface area (Å²) in [5.41, 5.74) is 0. The van der Waals surface area contributed by atoms with E-state index in [0.29, 0.717) is 0 Å². The van der Waals surface area contributed by atoms with E-state index in [1.54, 1.807) is 0 Å². The Hall–Kier alpha value is -0.320. The molecule has 0 bridgehead atoms. The van der Waals surface area contributed by atoms with Gasteiger partial charge >= 0.3 is 0 Å². The molecule has 0 rings (SSSR count). The van der Waals surface area contributed by atoms with Crippen molar-refractivity contribution in [3.63, 3.8) is 0 Å². The second-order valence-corrected chi connectivity index (χ2v) is 3.65. The van der Waals surface area contributed by atoms with E-state index >= 15 is 0 Å². The van der Waals surface area contributed by atoms with Gasteiger partial charge in [-0.05, 0) is 6.92 Å². The lowest BCUT2D eigenvalue weighted by atomic mass is 9.93. The second-order valence-electron chi connectivity index (χ2n) is 3.65. The van der Waals surface area contributed by atoms with Crippen LogP contribution in [0.3, 0.4) is 0 Å². The smallest absolute Gasteiger partial charge is 0.221 e. The van der Waals surface area contributed by atoms with Crippen molar-refractivity contribution in [3.8, 4) is 0 Å². The van der Waals surface area contributed by atoms with Crippen molar-refractivity contribution in [2.45, 2.75) is 43.2 Å². The molecule has 0 amide bonds. The molecule has 0 radical (unpaired) electrons. The number of rotatable bonds is 6. The summed E-state index contributed by atoms with van der Waals surface area (Å²) in [5, 5.41) is 72.5. The summed E-state index contributed by atoms with van der Waals surface area (Å²) < 4.78 is 0. The highest BCUT2D eigenvalue weighted by Gasteiger charge is 2.48. The summed E-state index contributed by atoms with van der Waals surface area (Å²) in [7, 11) is 0. The monoisotopic (exact) mass is 242 g/mol. The average Bonchev–Trinajstić information content (AvgIpc) is 2.24. The van der Waals surface area contributed by atoms with Crippen molar-refractivity contribution in [2.24, 2.45) is 0 Å². The second kappa shape index (κ2) is 5.84. The van der Waals surface area contributed by atoms with E-state index in [1.165, 1.54) is 0 Å². The topological polar surface area (TPSA) is 162 Å². The van der Waals surface area contributed by atoms with Crippen LogP contribution in [0.4, 0.5) is 0 Å². The maximum Gasteiger partial charge on any atom is 0.221 e. The Bertz CT molecular complexity index is 206. The minimum Gasteiger partial charge on any atom is -0.394 e. The lowest BCUT2D eigenvalue weighted by Crippen LogP contribution is -2.62. The summed E-state index contributed by atoms with van der Waals surface area (Å²) in [6, 6.07) is 0. The van der Waals surface area contributed by atoms with Gasteiger partial charge in [0.15, 0.2) is 0 Å². The molecule has 0 aliphatic heterocycles. The van der Waals surface area contributed by atoms with Crippen LogP contribution in [0, 0.1) is 0 Å². The molecule has 0 heterocycles. The van der Waals surface area contributed by atoms with Gasteiger partial charge in [-0.2, -0.15) is 0 Å². The maximum absolute atomic E-state index is 9.29. The van der Waals surface area contributed by atoms with Crippen molar-refractivity contribution in [1.82, 2.24) is 0 Å². The molecule has 8 heteroatoms. The third-order valence-corrected chi connectivity index (χ3v) is 2.24. The van der Waals surface area contributed by atoms with Crippen LogP contribution in [0.5, 0.6) is 0 Å². The molecule has 98 valence electrons. The van der Waals surface area contributed by atoms with Crippen LogP contribution in [0.2, 0.25) is 0 Å². The average molecular weight is 242 g/mol. The van der Waals surface area contributed by atoms with Gasteiger partial charge in [-0.1, -0.05) is 0 Å². The lowest BCUT2D eigenvalue weighted by molar-refractivity contribution is -0.311. The van der Waals surface area contributed by atoms with Crippen LogP contribution in [0.1, 0.15) is 6.92 Å². The minimum atomic E-state index is -3.27. The quantitative estimate of drug-likeness (QED) is 0.216. The van der Waals surface area contributed by atoms with Gasteiger partial charge in [0.25, 0.3) is 0 Å². The minimum absolute atomic E-state index is 0.971. The molecule has 0 aromatic carbocycles. The Balaban J connectivity index is 4.76. The number of aliphatic hydroxyl groups excluding tert-OH is 6. The molecule has 0 saturated heterocycles. The summed E-state index contributed by atoms with van der Waals surface area (Å²) in [6.07, 6.45) is -9.95. The van der Waals surface area contributed by atoms with Crippen molar-refractivity contribution in [2.75, 3.05) is 6.61 Å². The molecule has 16 heavy (non-hydrogen) atoms. The van der Waals surface area contributed by atoms with Crippen molar-refractivity contribution in [1.29, 1.82) is 0 Å². The number of hydrogen-bond acceptors (Lipinski definition) is 8. The third-order valence-electron chi connectivity index (χ3n) is 2.24. The van der Waals surface area contributed by atoms with E-state index in [1.807, 2.05) is 0 Å². The van der Waals surface area contributed by atoms with Crippen molar-refractivity contribution in [3.05, 3.63) is 0 Å². The van der Waals surface area contributed by atoms with Crippen molar-refractivity contribution >= 4 is 0 Å². The number of hydrogen-bond donors (Lipinski definition) is 8. The van der Waals surface area contributed by atoms with Gasteiger partial charge < -0.3 is 40.9 Å². The van der Waals surface area contributed by atoms with Crippen LogP contribution < -0.4 is 0 Å². The van der Waals surface area contributed by atoms with Gasteiger partial charge in [0, 0.05) is 0 Å². The van der Waals surface area contributed by atoms with Gasteiger partial charge in [0.05, 0.1) is 12.7 Å². The molecular weight excluding hydrogens is 224 g/mol. The Kier molecular flexibility index (Phi) is 5.73. The Labute approximate surface area is 91.6 Å². The zero-order chi connectivity index (χ0) is 13.1. The Morgan fingerprint density at radius 2 is 1.38 bits per heavy atom. The van der Waals surface area contributed by atoms with E-state index in [9.17, 15) is 20.4 Å². The summed E-state index contributed by atoms with van der Waals surface area (Å²) in [4.78, 5) is 0. The van der Waals surface area contributed by atoms with Crippen LogP contribution in [0.15, 0.2) is 0 Å². The summed E-state index contributed by atoms with van der Waals surface area (Å²) in [6.45, 7) is 0.111. The first kappa shape index (κ1) is 15.7. The fourth-order valence-electron chi connectivity index (χ4n) is 1.07. The fourth-order valence-corrected chi connectivity index (χ4v) is 1.07. The van der Waals surface area contributed by atoms with Crippen LogP contribution in [-0.2, 0) is 0 Å². The molecule has 0 aromatic rings. The van der Waals surface area contributed by atoms with Crippen molar-refractivity contribution < 1.29 is 40.9 Å². The highest BCUT2D eigenvalue weighted by Crippen LogP contribution is 2.19. The standard InChI is InChI=1S/C8H18O8/c1-3(10)5(12)7(14)8(15,16)6(13)4(11)2-9/h3-7,9-16H,2H2,1H3. The highest BCUT2D eigenvalue weighted by atomic mass is 16.6. The predicted molar refractivity (Wildman–Crippen MR) is 50.0 cm³/mol. The summed E-state index contributed by atoms with van der Waals surface area (Å²) >= 11 is 0. The molecule has 0 aliphatic carbocycles. The Morgan fingerprint density at radius 1 is 0.938 bits per heavy atom. The first-order valence-electron chi connectivity index (χ1n) is 4.62. The molecule has 8 N–H and O–H groups in total. The van der Waals surface area contributed by atoms with Crippen LogP contribution >= 0.6 is 0 Å². The Morgan fingerprint density at radius 3 is 1.69 bits per heavy atom. The lowest BCUT2D eigenvalue weighted by Gasteiger charge is -2.36. The van der Waals surface area contributed by atoms with Gasteiger partial charge in [0.1, 0.15) is 24.4 Å². The molecule has 5 unspecified atom stereocenters. The normalized spacial score (nSPS) is 22.3. The van der Waals surface area contributed by atoms with E-state index < -0.39 is 42.9 Å². The van der Waals surface area contributed by atoms with E-state index in [2.05, 4.69) is 0 Å². The van der Waals surface area contributed by atoms with Gasteiger partial charge in [-0.25, -0.2) is 0 Å². The molecule has 5 atom stereocenters. The van der Waals surface area contributed by atoms with Gasteiger partial charge in [-0.15, -0.1) is 0 Å². The fraction of sp³-hybridized carbons (Fsp3) is 1.00. The van der Waals surface area contributed by atoms with E-state index in [-0.39, 0.29) is 0 Å². The predicted octanol–water partition coefficient (Wildman–Crippen LogP) is -4.52. The largest absolute Gasteiger partial charge is 0.394 e. The molecule has 0 aliphatic rings. The molecule has 0 fully saturated rings. The molecule has 0 saturated carbocycles. The van der Waals surface area contributed by atoms with Gasteiger partial charge in [0.2, 0.25) is 5.79 Å².